The molecule has 0 saturated heterocycles. The molecule has 104 valence electrons. The van der Waals surface area contributed by atoms with Crippen LogP contribution in [0.2, 0.25) is 0 Å². The number of aliphatic hydroxyl groups is 1. The Labute approximate surface area is 109 Å². The second-order valence-corrected chi connectivity index (χ2v) is 3.93. The van der Waals surface area contributed by atoms with Crippen molar-refractivity contribution in [1.29, 1.82) is 0 Å². The second kappa shape index (κ2) is 7.47. The molecule has 0 aliphatic heterocycles. The number of carboxylic acid groups (broad SMARTS) is 1. The van der Waals surface area contributed by atoms with Crippen LogP contribution in [-0.4, -0.2) is 39.9 Å². The molecular formula is C12H16N2O5. The number of carbonyl (C=O) groups is 2. The lowest BCUT2D eigenvalue weighted by molar-refractivity contribution is -0.131. The number of carboxylic acids is 1. The first kappa shape index (κ1) is 15.1. The zero-order valence-corrected chi connectivity index (χ0v) is 10.2. The molecule has 1 rings (SSSR count). The molecule has 0 radical (unpaired) electrons. The standard InChI is InChI=1S/C12H16N2O5/c15-5-4-10(11(16)14-19)13-7-8-2-1-3-9(6-8)12(17)18/h1-3,6,10,13,15,19H,4-5,7H2,(H,14,16)(H,17,18)/t10-/m1/s1. The highest BCUT2D eigenvalue weighted by Crippen LogP contribution is 2.06. The van der Waals surface area contributed by atoms with E-state index in [1.165, 1.54) is 17.6 Å². The highest BCUT2D eigenvalue weighted by molar-refractivity contribution is 5.87. The van der Waals surface area contributed by atoms with Gasteiger partial charge in [-0.25, -0.2) is 10.3 Å². The minimum atomic E-state index is -1.03. The van der Waals surface area contributed by atoms with E-state index in [0.29, 0.717) is 5.56 Å². The van der Waals surface area contributed by atoms with E-state index >= 15 is 0 Å². The molecule has 7 heteroatoms. The highest BCUT2D eigenvalue weighted by Gasteiger charge is 2.16. The van der Waals surface area contributed by atoms with Gasteiger partial charge in [0.15, 0.2) is 0 Å². The molecule has 1 amide bonds. The maximum absolute atomic E-state index is 11.3. The van der Waals surface area contributed by atoms with Crippen molar-refractivity contribution >= 4 is 11.9 Å². The summed E-state index contributed by atoms with van der Waals surface area (Å²) >= 11 is 0. The van der Waals surface area contributed by atoms with E-state index in [0.717, 1.165) is 0 Å². The predicted octanol–water partition coefficient (Wildman–Crippen LogP) is -0.269. The normalized spacial score (nSPS) is 11.9. The van der Waals surface area contributed by atoms with Crippen molar-refractivity contribution in [1.82, 2.24) is 10.8 Å². The molecular weight excluding hydrogens is 252 g/mol. The van der Waals surface area contributed by atoms with Crippen LogP contribution in [0.1, 0.15) is 22.3 Å². The Hall–Kier alpha value is -1.96. The number of benzene rings is 1. The molecule has 0 aromatic heterocycles. The van der Waals surface area contributed by atoms with Crippen LogP contribution in [0.15, 0.2) is 24.3 Å². The Bertz CT molecular complexity index is 450. The van der Waals surface area contributed by atoms with Gasteiger partial charge in [-0.2, -0.15) is 0 Å². The van der Waals surface area contributed by atoms with E-state index in [1.807, 2.05) is 0 Å². The second-order valence-electron chi connectivity index (χ2n) is 3.93. The fourth-order valence-corrected chi connectivity index (χ4v) is 1.59. The van der Waals surface area contributed by atoms with Gasteiger partial charge in [-0.1, -0.05) is 12.1 Å². The lowest BCUT2D eigenvalue weighted by atomic mass is 10.1. The molecule has 0 spiro atoms. The third kappa shape index (κ3) is 4.66. The van der Waals surface area contributed by atoms with Crippen LogP contribution in [-0.2, 0) is 11.3 Å². The van der Waals surface area contributed by atoms with Crippen molar-refractivity contribution in [2.75, 3.05) is 6.61 Å². The molecule has 0 aliphatic rings. The smallest absolute Gasteiger partial charge is 0.335 e. The Morgan fingerprint density at radius 1 is 1.32 bits per heavy atom. The summed E-state index contributed by atoms with van der Waals surface area (Å²) in [5.41, 5.74) is 2.35. The Morgan fingerprint density at radius 3 is 2.63 bits per heavy atom. The van der Waals surface area contributed by atoms with Crippen LogP contribution in [0.4, 0.5) is 0 Å². The number of aromatic carboxylic acids is 1. The molecule has 0 bridgehead atoms. The Balaban J connectivity index is 2.65. The predicted molar refractivity (Wildman–Crippen MR) is 65.7 cm³/mol. The molecule has 0 fully saturated rings. The molecule has 1 aromatic carbocycles. The zero-order chi connectivity index (χ0) is 14.3. The number of carbonyl (C=O) groups excluding carboxylic acids is 1. The number of hydrogen-bond donors (Lipinski definition) is 5. The molecule has 0 aliphatic carbocycles. The number of rotatable bonds is 7. The first-order valence-electron chi connectivity index (χ1n) is 5.69. The van der Waals surface area contributed by atoms with Crippen molar-refractivity contribution in [3.63, 3.8) is 0 Å². The quantitative estimate of drug-likeness (QED) is 0.343. The van der Waals surface area contributed by atoms with Gasteiger partial charge < -0.3 is 15.5 Å². The molecule has 19 heavy (non-hydrogen) atoms. The average Bonchev–Trinajstić information content (AvgIpc) is 2.42. The van der Waals surface area contributed by atoms with Crippen molar-refractivity contribution in [3.8, 4) is 0 Å². The summed E-state index contributed by atoms with van der Waals surface area (Å²) in [6, 6.07) is 5.53. The van der Waals surface area contributed by atoms with Gasteiger partial charge in [-0.15, -0.1) is 0 Å². The minimum Gasteiger partial charge on any atom is -0.478 e. The van der Waals surface area contributed by atoms with E-state index in [-0.39, 0.29) is 25.1 Å². The van der Waals surface area contributed by atoms with Crippen molar-refractivity contribution in [2.24, 2.45) is 0 Å². The number of nitrogens with one attached hydrogen (secondary N) is 2. The lowest BCUT2D eigenvalue weighted by Gasteiger charge is -2.15. The maximum atomic E-state index is 11.3. The summed E-state index contributed by atoms with van der Waals surface area (Å²) in [6.45, 7) is 0.0411. The van der Waals surface area contributed by atoms with Crippen LogP contribution in [0.3, 0.4) is 0 Å². The van der Waals surface area contributed by atoms with Crippen LogP contribution in [0.5, 0.6) is 0 Å². The lowest BCUT2D eigenvalue weighted by Crippen LogP contribution is -2.43. The summed E-state index contributed by atoms with van der Waals surface area (Å²) in [5.74, 6) is -1.68. The maximum Gasteiger partial charge on any atom is 0.335 e. The van der Waals surface area contributed by atoms with Crippen LogP contribution < -0.4 is 10.8 Å². The van der Waals surface area contributed by atoms with Gasteiger partial charge >= 0.3 is 5.97 Å². The minimum absolute atomic E-state index is 0.144. The van der Waals surface area contributed by atoms with Crippen LogP contribution in [0.25, 0.3) is 0 Å². The largest absolute Gasteiger partial charge is 0.478 e. The molecule has 1 aromatic rings. The molecule has 1 atom stereocenters. The fourth-order valence-electron chi connectivity index (χ4n) is 1.59. The van der Waals surface area contributed by atoms with Gasteiger partial charge in [0.2, 0.25) is 0 Å². The van der Waals surface area contributed by atoms with Crippen molar-refractivity contribution < 1.29 is 25.0 Å². The number of hydrogen-bond acceptors (Lipinski definition) is 5. The molecule has 7 nitrogen and oxygen atoms in total. The Kier molecular flexibility index (Phi) is 5.94. The average molecular weight is 268 g/mol. The Morgan fingerprint density at radius 2 is 2.05 bits per heavy atom. The van der Waals surface area contributed by atoms with Gasteiger partial charge in [0.05, 0.1) is 11.6 Å². The van der Waals surface area contributed by atoms with Gasteiger partial charge in [-0.05, 0) is 24.1 Å². The fraction of sp³-hybridized carbons (Fsp3) is 0.333. The zero-order valence-electron chi connectivity index (χ0n) is 10.2. The van der Waals surface area contributed by atoms with E-state index in [1.54, 1.807) is 12.1 Å². The van der Waals surface area contributed by atoms with E-state index in [9.17, 15) is 9.59 Å². The molecule has 0 unspecified atom stereocenters. The molecule has 0 saturated carbocycles. The monoisotopic (exact) mass is 268 g/mol. The van der Waals surface area contributed by atoms with Gasteiger partial charge in [-0.3, -0.25) is 10.0 Å². The summed E-state index contributed by atoms with van der Waals surface area (Å²) in [4.78, 5) is 22.1. The number of amides is 1. The third-order valence-electron chi connectivity index (χ3n) is 2.57. The topological polar surface area (TPSA) is 119 Å². The molecule has 5 N–H and O–H groups in total. The van der Waals surface area contributed by atoms with E-state index in [4.69, 9.17) is 15.4 Å². The third-order valence-corrected chi connectivity index (χ3v) is 2.57. The van der Waals surface area contributed by atoms with Crippen LogP contribution in [0, 0.1) is 0 Å². The van der Waals surface area contributed by atoms with Crippen molar-refractivity contribution in [3.05, 3.63) is 35.4 Å². The number of aliphatic hydroxyl groups excluding tert-OH is 1. The first-order valence-corrected chi connectivity index (χ1v) is 5.69. The van der Waals surface area contributed by atoms with Gasteiger partial charge in [0, 0.05) is 13.2 Å². The molecule has 0 heterocycles. The van der Waals surface area contributed by atoms with Crippen LogP contribution >= 0.6 is 0 Å². The summed E-state index contributed by atoms with van der Waals surface area (Å²) < 4.78 is 0. The van der Waals surface area contributed by atoms with Gasteiger partial charge in [0.1, 0.15) is 0 Å². The summed E-state index contributed by atoms with van der Waals surface area (Å²) in [6.07, 6.45) is 0.144. The van der Waals surface area contributed by atoms with E-state index in [2.05, 4.69) is 5.32 Å². The summed E-state index contributed by atoms with van der Waals surface area (Å²) in [5, 5.41) is 29.0. The highest BCUT2D eigenvalue weighted by atomic mass is 16.5. The first-order chi connectivity index (χ1) is 9.08. The van der Waals surface area contributed by atoms with Gasteiger partial charge in [0.25, 0.3) is 5.91 Å². The SMILES string of the molecule is O=C(O)c1cccc(CN[C@H](CCO)C(=O)NO)c1. The number of hydroxylamine groups is 1. The van der Waals surface area contributed by atoms with Crippen molar-refractivity contribution in [2.45, 2.75) is 19.0 Å². The summed E-state index contributed by atoms with van der Waals surface area (Å²) in [7, 11) is 0. The van der Waals surface area contributed by atoms with E-state index < -0.39 is 17.9 Å².